The van der Waals surface area contributed by atoms with Crippen LogP contribution in [0.2, 0.25) is 0 Å². The highest BCUT2D eigenvalue weighted by molar-refractivity contribution is 7.11. The summed E-state index contributed by atoms with van der Waals surface area (Å²) in [5.74, 6) is 1.29. The minimum atomic E-state index is -0.461. The number of rotatable bonds is 3. The molecule has 0 bridgehead atoms. The number of hydrogen-bond acceptors (Lipinski definition) is 7. The van der Waals surface area contributed by atoms with Crippen molar-refractivity contribution in [2.75, 3.05) is 32.7 Å². The molecule has 0 aliphatic carbocycles. The van der Waals surface area contributed by atoms with E-state index in [0.29, 0.717) is 25.6 Å². The van der Waals surface area contributed by atoms with Gasteiger partial charge in [0.1, 0.15) is 5.60 Å². The van der Waals surface area contributed by atoms with Crippen LogP contribution < -0.4 is 5.32 Å². The van der Waals surface area contributed by atoms with Crippen LogP contribution in [0.15, 0.2) is 11.2 Å². The van der Waals surface area contributed by atoms with Gasteiger partial charge < -0.3 is 19.9 Å². The van der Waals surface area contributed by atoms with Crippen LogP contribution in [0.25, 0.3) is 0 Å². The SMILES string of the molecule is Cc1cnc(C(C)CNC2=NCC3CN(C(=O)OC(C)(C)C)CCN23)s1. The van der Waals surface area contributed by atoms with Gasteiger partial charge in [0.15, 0.2) is 5.96 Å². The number of aryl methyl sites for hydroxylation is 1. The van der Waals surface area contributed by atoms with E-state index in [-0.39, 0.29) is 12.1 Å². The Hall–Kier alpha value is -1.83. The van der Waals surface area contributed by atoms with Crippen molar-refractivity contribution in [2.45, 2.75) is 52.2 Å². The highest BCUT2D eigenvalue weighted by atomic mass is 32.1. The van der Waals surface area contributed by atoms with Crippen molar-refractivity contribution in [3.8, 4) is 0 Å². The number of piperazine rings is 1. The average Bonchev–Trinajstić information content (AvgIpc) is 3.16. The van der Waals surface area contributed by atoms with Crippen molar-refractivity contribution in [3.63, 3.8) is 0 Å². The maximum absolute atomic E-state index is 12.3. The van der Waals surface area contributed by atoms with E-state index in [0.717, 1.165) is 24.1 Å². The number of thiazole rings is 1. The van der Waals surface area contributed by atoms with Gasteiger partial charge in [-0.1, -0.05) is 6.92 Å². The molecule has 2 aliphatic heterocycles. The van der Waals surface area contributed by atoms with E-state index in [4.69, 9.17) is 4.74 Å². The summed E-state index contributed by atoms with van der Waals surface area (Å²) >= 11 is 1.75. The second kappa shape index (κ2) is 7.42. The van der Waals surface area contributed by atoms with E-state index in [9.17, 15) is 4.79 Å². The van der Waals surface area contributed by atoms with Crippen LogP contribution >= 0.6 is 11.3 Å². The number of nitrogens with one attached hydrogen (secondary N) is 1. The summed E-state index contributed by atoms with van der Waals surface area (Å²) in [4.78, 5) is 26.7. The fourth-order valence-corrected chi connectivity index (χ4v) is 3.98. The van der Waals surface area contributed by atoms with E-state index >= 15 is 0 Å². The number of guanidine groups is 1. The van der Waals surface area contributed by atoms with E-state index in [1.165, 1.54) is 4.88 Å². The van der Waals surface area contributed by atoms with Crippen molar-refractivity contribution >= 4 is 23.4 Å². The minimum absolute atomic E-state index is 0.230. The number of aliphatic imine (C=N–C) groups is 1. The molecule has 0 radical (unpaired) electrons. The number of nitrogens with zero attached hydrogens (tertiary/aromatic N) is 4. The lowest BCUT2D eigenvalue weighted by atomic mass is 10.2. The molecule has 7 nitrogen and oxygen atoms in total. The third kappa shape index (κ3) is 4.47. The summed E-state index contributed by atoms with van der Waals surface area (Å²) < 4.78 is 5.49. The molecule has 3 heterocycles. The predicted molar refractivity (Wildman–Crippen MR) is 104 cm³/mol. The van der Waals surface area contributed by atoms with Crippen LogP contribution in [-0.2, 0) is 4.74 Å². The molecule has 1 aromatic rings. The van der Waals surface area contributed by atoms with Gasteiger partial charge in [-0.3, -0.25) is 4.99 Å². The molecule has 26 heavy (non-hydrogen) atoms. The summed E-state index contributed by atoms with van der Waals surface area (Å²) in [6.45, 7) is 13.6. The molecule has 1 N–H and O–H groups in total. The number of carbonyl (C=O) groups excluding carboxylic acids is 1. The molecule has 1 amide bonds. The third-order valence-corrected chi connectivity index (χ3v) is 5.63. The smallest absolute Gasteiger partial charge is 0.410 e. The number of amides is 1. The first-order chi connectivity index (χ1) is 12.2. The predicted octanol–water partition coefficient (Wildman–Crippen LogP) is 2.44. The largest absolute Gasteiger partial charge is 0.444 e. The highest BCUT2D eigenvalue weighted by Gasteiger charge is 2.36. The second-order valence-corrected chi connectivity index (χ2v) is 9.30. The van der Waals surface area contributed by atoms with Crippen molar-refractivity contribution in [1.29, 1.82) is 0 Å². The van der Waals surface area contributed by atoms with Gasteiger partial charge in [-0.25, -0.2) is 9.78 Å². The Morgan fingerprint density at radius 2 is 2.23 bits per heavy atom. The zero-order chi connectivity index (χ0) is 18.9. The van der Waals surface area contributed by atoms with Crippen molar-refractivity contribution < 1.29 is 9.53 Å². The lowest BCUT2D eigenvalue weighted by molar-refractivity contribution is 0.0137. The quantitative estimate of drug-likeness (QED) is 0.873. The van der Waals surface area contributed by atoms with Crippen LogP contribution in [0.4, 0.5) is 4.79 Å². The molecular formula is C18H29N5O2S. The molecule has 0 spiro atoms. The summed E-state index contributed by atoms with van der Waals surface area (Å²) in [5, 5.41) is 4.63. The fourth-order valence-electron chi connectivity index (χ4n) is 3.15. The molecule has 2 unspecified atom stereocenters. The summed E-state index contributed by atoms with van der Waals surface area (Å²) in [6.07, 6.45) is 1.70. The molecule has 144 valence electrons. The summed E-state index contributed by atoms with van der Waals surface area (Å²) in [6, 6.07) is 0.233. The molecule has 1 aromatic heterocycles. The lowest BCUT2D eigenvalue weighted by Crippen LogP contribution is -2.57. The first-order valence-electron chi connectivity index (χ1n) is 9.18. The topological polar surface area (TPSA) is 70.1 Å². The Morgan fingerprint density at radius 1 is 1.46 bits per heavy atom. The Morgan fingerprint density at radius 3 is 2.88 bits per heavy atom. The maximum Gasteiger partial charge on any atom is 0.410 e. The third-order valence-electron chi connectivity index (χ3n) is 4.49. The van der Waals surface area contributed by atoms with Gasteiger partial charge in [-0.2, -0.15) is 0 Å². The van der Waals surface area contributed by atoms with Gasteiger partial charge in [-0.05, 0) is 27.7 Å². The van der Waals surface area contributed by atoms with Crippen LogP contribution in [0.1, 0.15) is 43.5 Å². The van der Waals surface area contributed by atoms with Crippen LogP contribution in [0.5, 0.6) is 0 Å². The van der Waals surface area contributed by atoms with E-state index < -0.39 is 5.60 Å². The summed E-state index contributed by atoms with van der Waals surface area (Å²) in [5.41, 5.74) is -0.461. The number of aromatic nitrogens is 1. The van der Waals surface area contributed by atoms with E-state index in [1.807, 2.05) is 27.0 Å². The number of fused-ring (bicyclic) bond motifs is 1. The molecular weight excluding hydrogens is 350 g/mol. The first kappa shape index (κ1) is 18.9. The Bertz CT molecular complexity index is 681. The zero-order valence-corrected chi connectivity index (χ0v) is 17.1. The van der Waals surface area contributed by atoms with Crippen molar-refractivity contribution in [1.82, 2.24) is 20.1 Å². The molecule has 0 saturated carbocycles. The highest BCUT2D eigenvalue weighted by Crippen LogP contribution is 2.22. The van der Waals surface area contributed by atoms with Crippen LogP contribution in [-0.4, -0.2) is 71.2 Å². The van der Waals surface area contributed by atoms with Crippen molar-refractivity contribution in [3.05, 3.63) is 16.1 Å². The van der Waals surface area contributed by atoms with Gasteiger partial charge in [0.2, 0.25) is 0 Å². The minimum Gasteiger partial charge on any atom is -0.444 e. The van der Waals surface area contributed by atoms with Gasteiger partial charge >= 0.3 is 6.09 Å². The second-order valence-electron chi connectivity index (χ2n) is 8.03. The van der Waals surface area contributed by atoms with Gasteiger partial charge in [0, 0.05) is 43.2 Å². The fraction of sp³-hybridized carbons (Fsp3) is 0.722. The van der Waals surface area contributed by atoms with Gasteiger partial charge in [-0.15, -0.1) is 11.3 Å². The summed E-state index contributed by atoms with van der Waals surface area (Å²) in [7, 11) is 0. The van der Waals surface area contributed by atoms with E-state index in [2.05, 4.69) is 34.0 Å². The lowest BCUT2D eigenvalue weighted by Gasteiger charge is -2.39. The van der Waals surface area contributed by atoms with Gasteiger partial charge in [0.05, 0.1) is 17.6 Å². The molecule has 0 aromatic carbocycles. The Kier molecular flexibility index (Phi) is 5.41. The van der Waals surface area contributed by atoms with Crippen LogP contribution in [0.3, 0.4) is 0 Å². The zero-order valence-electron chi connectivity index (χ0n) is 16.3. The molecule has 1 saturated heterocycles. The standard InChI is InChI=1S/C18H29N5O2S/c1-12(15-19-9-13(2)26-15)8-20-16-21-10-14-11-22(6-7-23(14)16)17(24)25-18(3,4)5/h9,12,14H,6-8,10-11H2,1-5H3,(H,20,21). The Balaban J connectivity index is 1.50. The van der Waals surface area contributed by atoms with Crippen molar-refractivity contribution in [2.24, 2.45) is 4.99 Å². The monoisotopic (exact) mass is 379 g/mol. The number of hydrogen-bond donors (Lipinski definition) is 1. The van der Waals surface area contributed by atoms with Crippen LogP contribution in [0, 0.1) is 6.92 Å². The molecule has 1 fully saturated rings. The normalized spacial score (nSPS) is 21.3. The van der Waals surface area contributed by atoms with E-state index in [1.54, 1.807) is 16.2 Å². The average molecular weight is 380 g/mol. The molecule has 2 aliphatic rings. The molecule has 3 rings (SSSR count). The maximum atomic E-state index is 12.3. The van der Waals surface area contributed by atoms with Gasteiger partial charge in [0.25, 0.3) is 0 Å². The number of ether oxygens (including phenoxy) is 1. The first-order valence-corrected chi connectivity index (χ1v) is 10.00. The molecule has 2 atom stereocenters. The Labute approximate surface area is 159 Å². The number of carbonyl (C=O) groups is 1. The molecule has 8 heteroatoms.